The van der Waals surface area contributed by atoms with Crippen LogP contribution in [0.4, 0.5) is 0 Å². The molecule has 136 valence electrons. The van der Waals surface area contributed by atoms with E-state index in [0.717, 1.165) is 38.8 Å². The van der Waals surface area contributed by atoms with Gasteiger partial charge < -0.3 is 10.6 Å². The molecular weight excluding hydrogens is 350 g/mol. The Morgan fingerprint density at radius 1 is 1.25 bits per heavy atom. The number of carbonyl (C=O) groups excluding carboxylic acids is 3. The van der Waals surface area contributed by atoms with Gasteiger partial charge in [0.15, 0.2) is 0 Å². The molecule has 8 heteroatoms. The summed E-state index contributed by atoms with van der Waals surface area (Å²) in [5.74, 6) is 0.103. The van der Waals surface area contributed by atoms with Crippen LogP contribution in [0.5, 0.6) is 0 Å². The maximum Gasteiger partial charge on any atom is 0.244 e. The van der Waals surface area contributed by atoms with Crippen LogP contribution in [0.2, 0.25) is 0 Å². The lowest BCUT2D eigenvalue weighted by Gasteiger charge is -2.29. The van der Waals surface area contributed by atoms with E-state index in [4.69, 9.17) is 0 Å². The van der Waals surface area contributed by atoms with Gasteiger partial charge in [0.2, 0.25) is 17.7 Å². The van der Waals surface area contributed by atoms with Crippen molar-refractivity contribution in [2.75, 3.05) is 31.6 Å². The van der Waals surface area contributed by atoms with Gasteiger partial charge in [0.05, 0.1) is 11.8 Å². The Morgan fingerprint density at radius 2 is 1.83 bits per heavy atom. The maximum atomic E-state index is 12.7. The zero-order chi connectivity index (χ0) is 16.4. The summed E-state index contributed by atoms with van der Waals surface area (Å²) in [4.78, 5) is 39.2. The Hall–Kier alpha value is -0.790. The van der Waals surface area contributed by atoms with E-state index in [0.29, 0.717) is 18.2 Å². The molecule has 3 fully saturated rings. The Balaban J connectivity index is 0.00000208. The second-order valence-corrected chi connectivity index (χ2v) is 7.70. The van der Waals surface area contributed by atoms with Crippen LogP contribution in [0.1, 0.15) is 25.7 Å². The maximum absolute atomic E-state index is 12.7. The number of amides is 3. The zero-order valence-corrected chi connectivity index (χ0v) is 15.6. The van der Waals surface area contributed by atoms with Crippen molar-refractivity contribution in [3.05, 3.63) is 0 Å². The molecule has 3 rings (SSSR count). The second kappa shape index (κ2) is 8.54. The number of imide groups is 1. The van der Waals surface area contributed by atoms with E-state index in [1.54, 1.807) is 0 Å². The molecule has 3 atom stereocenters. The number of nitrogens with zero attached hydrogens (tertiary/aromatic N) is 1. The minimum absolute atomic E-state index is 0. The highest BCUT2D eigenvalue weighted by atomic mass is 35.5. The SMILES string of the molecule is CSCC(C(=O)NCC1CNC1)N1C(=O)C2CCCCC2C1=O.Cl. The quantitative estimate of drug-likeness (QED) is 0.666. The highest BCUT2D eigenvalue weighted by Gasteiger charge is 2.51. The predicted molar refractivity (Wildman–Crippen MR) is 96.1 cm³/mol. The molecule has 3 amide bonds. The van der Waals surface area contributed by atoms with E-state index in [-0.39, 0.29) is 42.0 Å². The van der Waals surface area contributed by atoms with Crippen LogP contribution in [-0.2, 0) is 14.4 Å². The van der Waals surface area contributed by atoms with Gasteiger partial charge in [-0.2, -0.15) is 11.8 Å². The fraction of sp³-hybridized carbons (Fsp3) is 0.812. The van der Waals surface area contributed by atoms with Gasteiger partial charge in [0.25, 0.3) is 0 Å². The summed E-state index contributed by atoms with van der Waals surface area (Å²) >= 11 is 1.50. The van der Waals surface area contributed by atoms with Crippen LogP contribution in [-0.4, -0.2) is 60.3 Å². The van der Waals surface area contributed by atoms with Crippen molar-refractivity contribution in [2.45, 2.75) is 31.7 Å². The van der Waals surface area contributed by atoms with Gasteiger partial charge in [0, 0.05) is 31.3 Å². The van der Waals surface area contributed by atoms with E-state index in [1.807, 2.05) is 6.26 Å². The zero-order valence-electron chi connectivity index (χ0n) is 14.0. The molecule has 2 aliphatic heterocycles. The van der Waals surface area contributed by atoms with Gasteiger partial charge in [-0.25, -0.2) is 0 Å². The average molecular weight is 376 g/mol. The van der Waals surface area contributed by atoms with Crippen LogP contribution in [0.25, 0.3) is 0 Å². The van der Waals surface area contributed by atoms with E-state index in [2.05, 4.69) is 10.6 Å². The number of halogens is 1. The number of fused-ring (bicyclic) bond motifs is 1. The summed E-state index contributed by atoms with van der Waals surface area (Å²) in [6, 6.07) is -0.663. The molecule has 1 aliphatic carbocycles. The molecule has 0 radical (unpaired) electrons. The molecule has 2 saturated heterocycles. The van der Waals surface area contributed by atoms with Gasteiger partial charge in [-0.05, 0) is 19.1 Å². The van der Waals surface area contributed by atoms with Crippen LogP contribution < -0.4 is 10.6 Å². The second-order valence-electron chi connectivity index (χ2n) is 6.78. The first kappa shape index (κ1) is 19.5. The number of nitrogens with one attached hydrogen (secondary N) is 2. The lowest BCUT2D eigenvalue weighted by Crippen LogP contribution is -2.54. The minimum atomic E-state index is -0.663. The summed E-state index contributed by atoms with van der Waals surface area (Å²) < 4.78 is 0. The molecule has 0 aromatic rings. The molecule has 3 unspecified atom stereocenters. The van der Waals surface area contributed by atoms with E-state index in [9.17, 15) is 14.4 Å². The van der Waals surface area contributed by atoms with Crippen molar-refractivity contribution in [3.8, 4) is 0 Å². The highest BCUT2D eigenvalue weighted by Crippen LogP contribution is 2.39. The van der Waals surface area contributed by atoms with Crippen molar-refractivity contribution in [2.24, 2.45) is 17.8 Å². The van der Waals surface area contributed by atoms with Crippen LogP contribution in [0.15, 0.2) is 0 Å². The summed E-state index contributed by atoms with van der Waals surface area (Å²) in [6.07, 6.45) is 5.47. The number of hydrogen-bond acceptors (Lipinski definition) is 5. The van der Waals surface area contributed by atoms with Crippen LogP contribution >= 0.6 is 24.2 Å². The molecule has 0 aromatic carbocycles. The minimum Gasteiger partial charge on any atom is -0.354 e. The van der Waals surface area contributed by atoms with Crippen LogP contribution in [0, 0.1) is 17.8 Å². The number of carbonyl (C=O) groups is 3. The first-order valence-electron chi connectivity index (χ1n) is 8.47. The van der Waals surface area contributed by atoms with Crippen molar-refractivity contribution >= 4 is 41.9 Å². The average Bonchev–Trinajstić information content (AvgIpc) is 2.76. The third-order valence-corrected chi connectivity index (χ3v) is 5.89. The lowest BCUT2D eigenvalue weighted by atomic mass is 9.81. The third-order valence-electron chi connectivity index (χ3n) is 5.25. The summed E-state index contributed by atoms with van der Waals surface area (Å²) in [7, 11) is 0. The number of thioether (sulfide) groups is 1. The van der Waals surface area contributed by atoms with E-state index in [1.165, 1.54) is 16.7 Å². The van der Waals surface area contributed by atoms with Gasteiger partial charge in [0.1, 0.15) is 6.04 Å². The van der Waals surface area contributed by atoms with E-state index >= 15 is 0 Å². The van der Waals surface area contributed by atoms with Crippen molar-refractivity contribution in [1.82, 2.24) is 15.5 Å². The molecular formula is C16H26ClN3O3S. The van der Waals surface area contributed by atoms with Gasteiger partial charge >= 0.3 is 0 Å². The number of likely N-dealkylation sites (tertiary alicyclic amines) is 1. The standard InChI is InChI=1S/C16H25N3O3S.ClH/c1-23-9-13(14(20)18-8-10-6-17-7-10)19-15(21)11-4-2-3-5-12(11)16(19)22;/h10-13,17H,2-9H2,1H3,(H,18,20);1H. The number of hydrogen-bond donors (Lipinski definition) is 2. The van der Waals surface area contributed by atoms with Crippen LogP contribution in [0.3, 0.4) is 0 Å². The fourth-order valence-corrected chi connectivity index (χ4v) is 4.39. The van der Waals surface area contributed by atoms with Crippen molar-refractivity contribution in [1.29, 1.82) is 0 Å². The molecule has 2 N–H and O–H groups in total. The lowest BCUT2D eigenvalue weighted by molar-refractivity contribution is -0.147. The molecule has 24 heavy (non-hydrogen) atoms. The molecule has 6 nitrogen and oxygen atoms in total. The van der Waals surface area contributed by atoms with Crippen molar-refractivity contribution < 1.29 is 14.4 Å². The summed E-state index contributed by atoms with van der Waals surface area (Å²) in [5.41, 5.74) is 0. The Morgan fingerprint density at radius 3 is 2.29 bits per heavy atom. The van der Waals surface area contributed by atoms with E-state index < -0.39 is 6.04 Å². The molecule has 0 spiro atoms. The van der Waals surface area contributed by atoms with Gasteiger partial charge in [-0.1, -0.05) is 12.8 Å². The molecule has 2 heterocycles. The normalized spacial score (nSPS) is 28.0. The topological polar surface area (TPSA) is 78.5 Å². The predicted octanol–water partition coefficient (Wildman–Crippen LogP) is 0.651. The summed E-state index contributed by atoms with van der Waals surface area (Å²) in [5, 5.41) is 6.10. The molecule has 1 saturated carbocycles. The Labute approximate surface area is 153 Å². The molecule has 0 aromatic heterocycles. The van der Waals surface area contributed by atoms with Gasteiger partial charge in [-0.15, -0.1) is 12.4 Å². The Bertz CT molecular complexity index is 477. The molecule has 3 aliphatic rings. The largest absolute Gasteiger partial charge is 0.354 e. The fourth-order valence-electron chi connectivity index (χ4n) is 3.78. The monoisotopic (exact) mass is 375 g/mol. The smallest absolute Gasteiger partial charge is 0.244 e. The first-order valence-corrected chi connectivity index (χ1v) is 9.87. The van der Waals surface area contributed by atoms with Crippen molar-refractivity contribution in [3.63, 3.8) is 0 Å². The third kappa shape index (κ3) is 3.73. The Kier molecular flexibility index (Phi) is 6.95. The van der Waals surface area contributed by atoms with Gasteiger partial charge in [-0.3, -0.25) is 19.3 Å². The highest BCUT2D eigenvalue weighted by molar-refractivity contribution is 7.98. The first-order chi connectivity index (χ1) is 11.1. The number of rotatable bonds is 6. The summed E-state index contributed by atoms with van der Waals surface area (Å²) in [6.45, 7) is 2.44. The molecule has 0 bridgehead atoms.